The lowest BCUT2D eigenvalue weighted by Gasteiger charge is -2.11. The SMILES string of the molecule is COC(=O)c1c(NC(=O)CCCc2nc(-c3ccc(OC)cc3)no2)sc2c1CCCC2. The van der Waals surface area contributed by atoms with E-state index in [1.165, 1.54) is 23.3 Å². The van der Waals surface area contributed by atoms with E-state index in [-0.39, 0.29) is 12.3 Å². The zero-order valence-corrected chi connectivity index (χ0v) is 18.9. The molecule has 1 aliphatic carbocycles. The first kappa shape index (κ1) is 22.0. The fourth-order valence-corrected chi connectivity index (χ4v) is 5.07. The van der Waals surface area contributed by atoms with Crippen LogP contribution in [0.25, 0.3) is 11.4 Å². The van der Waals surface area contributed by atoms with Crippen molar-refractivity contribution in [2.75, 3.05) is 19.5 Å². The van der Waals surface area contributed by atoms with E-state index in [1.807, 2.05) is 24.3 Å². The number of thiophene rings is 1. The van der Waals surface area contributed by atoms with Gasteiger partial charge in [0.05, 0.1) is 19.8 Å². The molecule has 0 fully saturated rings. The number of anilines is 1. The van der Waals surface area contributed by atoms with Crippen LogP contribution in [0.3, 0.4) is 0 Å². The Balaban J connectivity index is 1.34. The highest BCUT2D eigenvalue weighted by atomic mass is 32.1. The van der Waals surface area contributed by atoms with Gasteiger partial charge in [0.1, 0.15) is 10.8 Å². The molecule has 9 heteroatoms. The van der Waals surface area contributed by atoms with Gasteiger partial charge in [-0.2, -0.15) is 4.98 Å². The lowest BCUT2D eigenvalue weighted by Crippen LogP contribution is -2.15. The van der Waals surface area contributed by atoms with Gasteiger partial charge in [-0.15, -0.1) is 11.3 Å². The maximum atomic E-state index is 12.5. The minimum Gasteiger partial charge on any atom is -0.497 e. The molecule has 32 heavy (non-hydrogen) atoms. The van der Waals surface area contributed by atoms with E-state index in [0.717, 1.165) is 42.6 Å². The summed E-state index contributed by atoms with van der Waals surface area (Å²) >= 11 is 1.48. The van der Waals surface area contributed by atoms with Crippen LogP contribution in [0.5, 0.6) is 5.75 Å². The lowest BCUT2D eigenvalue weighted by atomic mass is 9.95. The van der Waals surface area contributed by atoms with Gasteiger partial charge in [-0.3, -0.25) is 4.79 Å². The number of esters is 1. The average Bonchev–Trinajstić information content (AvgIpc) is 3.43. The molecule has 0 saturated carbocycles. The number of nitrogens with one attached hydrogen (secondary N) is 1. The van der Waals surface area contributed by atoms with Crippen LogP contribution in [0, 0.1) is 0 Å². The largest absolute Gasteiger partial charge is 0.497 e. The number of rotatable bonds is 8. The van der Waals surface area contributed by atoms with Crippen molar-refractivity contribution in [2.24, 2.45) is 0 Å². The Hall–Kier alpha value is -3.20. The Labute approximate surface area is 189 Å². The van der Waals surface area contributed by atoms with E-state index in [1.54, 1.807) is 7.11 Å². The number of benzene rings is 1. The summed E-state index contributed by atoms with van der Waals surface area (Å²) in [6.07, 6.45) is 5.25. The summed E-state index contributed by atoms with van der Waals surface area (Å²) in [7, 11) is 2.98. The average molecular weight is 456 g/mol. The third-order valence-corrected chi connectivity index (χ3v) is 6.63. The summed E-state index contributed by atoms with van der Waals surface area (Å²) in [5.41, 5.74) is 2.37. The standard InChI is InChI=1S/C23H25N3O5S/c1-29-15-12-10-14(11-13-15)21-25-19(31-26-21)9-5-8-18(27)24-22-20(23(28)30-2)16-6-3-4-7-17(16)32-22/h10-13H,3-9H2,1-2H3,(H,24,27). The van der Waals surface area contributed by atoms with E-state index < -0.39 is 5.97 Å². The maximum absolute atomic E-state index is 12.5. The van der Waals surface area contributed by atoms with Crippen LogP contribution in [-0.4, -0.2) is 36.2 Å². The van der Waals surface area contributed by atoms with Crippen molar-refractivity contribution in [1.29, 1.82) is 0 Å². The first-order valence-electron chi connectivity index (χ1n) is 10.6. The fourth-order valence-electron chi connectivity index (χ4n) is 3.77. The molecule has 1 aliphatic rings. The zero-order valence-electron chi connectivity index (χ0n) is 18.1. The van der Waals surface area contributed by atoms with E-state index in [0.29, 0.717) is 35.1 Å². The van der Waals surface area contributed by atoms with Crippen molar-refractivity contribution in [3.63, 3.8) is 0 Å². The summed E-state index contributed by atoms with van der Waals surface area (Å²) in [6.45, 7) is 0. The van der Waals surface area contributed by atoms with Crippen molar-refractivity contribution < 1.29 is 23.6 Å². The monoisotopic (exact) mass is 455 g/mol. The Morgan fingerprint density at radius 3 is 2.69 bits per heavy atom. The fraction of sp³-hybridized carbons (Fsp3) is 0.391. The van der Waals surface area contributed by atoms with Gasteiger partial charge < -0.3 is 19.3 Å². The van der Waals surface area contributed by atoms with Crippen LogP contribution in [0.2, 0.25) is 0 Å². The molecule has 2 heterocycles. The minimum atomic E-state index is -0.392. The van der Waals surface area contributed by atoms with Crippen molar-refractivity contribution >= 4 is 28.2 Å². The third-order valence-electron chi connectivity index (χ3n) is 5.42. The second kappa shape index (κ2) is 9.95. The Bertz CT molecular complexity index is 1100. The number of carbonyl (C=O) groups excluding carboxylic acids is 2. The summed E-state index contributed by atoms with van der Waals surface area (Å²) in [5, 5.41) is 7.51. The number of ether oxygens (including phenoxy) is 2. The number of carbonyl (C=O) groups is 2. The van der Waals surface area contributed by atoms with Crippen molar-refractivity contribution in [3.05, 3.63) is 46.2 Å². The molecule has 3 aromatic rings. The maximum Gasteiger partial charge on any atom is 0.341 e. The van der Waals surface area contributed by atoms with Gasteiger partial charge in [-0.1, -0.05) is 5.16 Å². The molecule has 0 aliphatic heterocycles. The second-order valence-electron chi connectivity index (χ2n) is 7.55. The van der Waals surface area contributed by atoms with Crippen molar-refractivity contribution in [1.82, 2.24) is 10.1 Å². The number of hydrogen-bond donors (Lipinski definition) is 1. The smallest absolute Gasteiger partial charge is 0.341 e. The predicted octanol–water partition coefficient (Wildman–Crippen LogP) is 4.43. The van der Waals surface area contributed by atoms with Crippen LogP contribution in [0.1, 0.15) is 52.4 Å². The Morgan fingerprint density at radius 2 is 1.94 bits per heavy atom. The quantitative estimate of drug-likeness (QED) is 0.501. The Kier molecular flexibility index (Phi) is 6.84. The number of aromatic nitrogens is 2. The van der Waals surface area contributed by atoms with Crippen LogP contribution < -0.4 is 10.1 Å². The van der Waals surface area contributed by atoms with E-state index in [2.05, 4.69) is 15.5 Å². The molecule has 168 valence electrons. The number of fused-ring (bicyclic) bond motifs is 1. The molecule has 4 rings (SSSR count). The lowest BCUT2D eigenvalue weighted by molar-refractivity contribution is -0.116. The van der Waals surface area contributed by atoms with Crippen LogP contribution in [0.15, 0.2) is 28.8 Å². The van der Waals surface area contributed by atoms with Gasteiger partial charge in [0.15, 0.2) is 0 Å². The van der Waals surface area contributed by atoms with E-state index >= 15 is 0 Å². The number of amides is 1. The highest BCUT2D eigenvalue weighted by Crippen LogP contribution is 2.38. The molecule has 0 saturated heterocycles. The van der Waals surface area contributed by atoms with E-state index in [9.17, 15) is 9.59 Å². The molecule has 1 aromatic carbocycles. The van der Waals surface area contributed by atoms with Gasteiger partial charge in [0, 0.05) is 23.3 Å². The van der Waals surface area contributed by atoms with Gasteiger partial charge in [-0.05, 0) is 61.9 Å². The first-order valence-corrected chi connectivity index (χ1v) is 11.4. The molecule has 1 N–H and O–H groups in total. The molecular weight excluding hydrogens is 430 g/mol. The number of hydrogen-bond acceptors (Lipinski definition) is 8. The normalized spacial score (nSPS) is 12.8. The summed E-state index contributed by atoms with van der Waals surface area (Å²) < 4.78 is 15.4. The van der Waals surface area contributed by atoms with Crippen LogP contribution in [0.4, 0.5) is 5.00 Å². The highest BCUT2D eigenvalue weighted by Gasteiger charge is 2.26. The third kappa shape index (κ3) is 4.83. The number of nitrogens with zero attached hydrogens (tertiary/aromatic N) is 2. The van der Waals surface area contributed by atoms with Crippen molar-refractivity contribution in [2.45, 2.75) is 44.9 Å². The molecule has 1 amide bonds. The summed E-state index contributed by atoms with van der Waals surface area (Å²) in [5.74, 6) is 1.19. The van der Waals surface area contributed by atoms with E-state index in [4.69, 9.17) is 14.0 Å². The topological polar surface area (TPSA) is 104 Å². The molecule has 8 nitrogen and oxygen atoms in total. The minimum absolute atomic E-state index is 0.149. The number of aryl methyl sites for hydroxylation is 2. The van der Waals surface area contributed by atoms with Crippen LogP contribution in [-0.2, 0) is 28.8 Å². The van der Waals surface area contributed by atoms with Crippen molar-refractivity contribution in [3.8, 4) is 17.1 Å². The van der Waals surface area contributed by atoms with Gasteiger partial charge in [-0.25, -0.2) is 4.79 Å². The van der Waals surface area contributed by atoms with Crippen LogP contribution >= 0.6 is 11.3 Å². The second-order valence-corrected chi connectivity index (χ2v) is 8.65. The van der Waals surface area contributed by atoms with Gasteiger partial charge >= 0.3 is 5.97 Å². The molecule has 0 atom stereocenters. The summed E-state index contributed by atoms with van der Waals surface area (Å²) in [6, 6.07) is 7.39. The zero-order chi connectivity index (χ0) is 22.5. The predicted molar refractivity (Wildman–Crippen MR) is 120 cm³/mol. The Morgan fingerprint density at radius 1 is 1.16 bits per heavy atom. The number of methoxy groups -OCH3 is 2. The molecule has 0 spiro atoms. The molecule has 0 bridgehead atoms. The molecule has 0 radical (unpaired) electrons. The molecular formula is C23H25N3O5S. The molecule has 0 unspecified atom stereocenters. The molecule has 2 aromatic heterocycles. The highest BCUT2D eigenvalue weighted by molar-refractivity contribution is 7.17. The van der Waals surface area contributed by atoms with Gasteiger partial charge in [0.25, 0.3) is 0 Å². The van der Waals surface area contributed by atoms with Gasteiger partial charge in [0.2, 0.25) is 17.6 Å². The summed E-state index contributed by atoms with van der Waals surface area (Å²) in [4.78, 5) is 30.4. The first-order chi connectivity index (χ1) is 15.6.